The number of piperidine rings is 1. The van der Waals surface area contributed by atoms with Gasteiger partial charge < -0.3 is 10.2 Å². The Bertz CT molecular complexity index is 792. The molecule has 3 rings (SSSR count). The molecule has 138 valence electrons. The van der Waals surface area contributed by atoms with Gasteiger partial charge in [0.25, 0.3) is 0 Å². The maximum absolute atomic E-state index is 13.7. The lowest BCUT2D eigenvalue weighted by molar-refractivity contribution is -0.113. The fourth-order valence-corrected chi connectivity index (χ4v) is 3.74. The molecule has 0 spiro atoms. The third-order valence-electron chi connectivity index (χ3n) is 4.28. The van der Waals surface area contributed by atoms with Gasteiger partial charge in [0.15, 0.2) is 0 Å². The number of nitrogens with zero attached hydrogens (tertiary/aromatic N) is 3. The van der Waals surface area contributed by atoms with Gasteiger partial charge in [0.2, 0.25) is 5.91 Å². The predicted octanol–water partition coefficient (Wildman–Crippen LogP) is 4.38. The SMILES string of the molecule is C[C@H]1CCCCN1c1cc(SCC(=O)Nc2ccc(Cl)cc2F)ncn1. The van der Waals surface area contributed by atoms with Crippen LogP contribution in [0.3, 0.4) is 0 Å². The lowest BCUT2D eigenvalue weighted by Crippen LogP contribution is -2.38. The van der Waals surface area contributed by atoms with Gasteiger partial charge in [-0.25, -0.2) is 14.4 Å². The number of hydrogen-bond donors (Lipinski definition) is 1. The molecule has 1 N–H and O–H groups in total. The van der Waals surface area contributed by atoms with Crippen LogP contribution in [-0.4, -0.2) is 34.2 Å². The summed E-state index contributed by atoms with van der Waals surface area (Å²) in [6.07, 6.45) is 5.08. The minimum atomic E-state index is -0.556. The van der Waals surface area contributed by atoms with E-state index in [0.717, 1.165) is 30.2 Å². The molecular weight excluding hydrogens is 375 g/mol. The van der Waals surface area contributed by atoms with Crippen LogP contribution in [0.15, 0.2) is 35.6 Å². The van der Waals surface area contributed by atoms with Gasteiger partial charge in [-0.1, -0.05) is 23.4 Å². The van der Waals surface area contributed by atoms with Gasteiger partial charge in [-0.05, 0) is 44.4 Å². The Hall–Kier alpha value is -1.86. The van der Waals surface area contributed by atoms with Crippen molar-refractivity contribution in [3.05, 3.63) is 41.4 Å². The van der Waals surface area contributed by atoms with Crippen LogP contribution in [0.5, 0.6) is 0 Å². The van der Waals surface area contributed by atoms with Crippen LogP contribution in [-0.2, 0) is 4.79 Å². The van der Waals surface area contributed by atoms with Crippen molar-refractivity contribution in [2.75, 3.05) is 22.5 Å². The molecule has 5 nitrogen and oxygen atoms in total. The number of halogens is 2. The smallest absolute Gasteiger partial charge is 0.234 e. The molecule has 0 saturated carbocycles. The predicted molar refractivity (Wildman–Crippen MR) is 103 cm³/mol. The zero-order valence-corrected chi connectivity index (χ0v) is 16.0. The van der Waals surface area contributed by atoms with E-state index in [9.17, 15) is 9.18 Å². The quantitative estimate of drug-likeness (QED) is 0.602. The molecule has 0 radical (unpaired) electrons. The average Bonchev–Trinajstić information content (AvgIpc) is 2.63. The minimum Gasteiger partial charge on any atom is -0.354 e. The Morgan fingerprint density at radius 2 is 2.23 bits per heavy atom. The lowest BCUT2D eigenvalue weighted by atomic mass is 10.0. The fraction of sp³-hybridized carbons (Fsp3) is 0.389. The molecule has 0 unspecified atom stereocenters. The van der Waals surface area contributed by atoms with E-state index in [1.54, 1.807) is 0 Å². The second-order valence-electron chi connectivity index (χ2n) is 6.21. The second kappa shape index (κ2) is 8.68. The number of hydrogen-bond acceptors (Lipinski definition) is 5. The second-order valence-corrected chi connectivity index (χ2v) is 7.65. The average molecular weight is 395 g/mol. The third-order valence-corrected chi connectivity index (χ3v) is 5.44. The molecule has 2 heterocycles. The Morgan fingerprint density at radius 1 is 1.38 bits per heavy atom. The molecule has 1 aromatic heterocycles. The van der Waals surface area contributed by atoms with E-state index >= 15 is 0 Å². The molecule has 1 atom stereocenters. The van der Waals surface area contributed by atoms with Gasteiger partial charge >= 0.3 is 0 Å². The fourth-order valence-electron chi connectivity index (χ4n) is 2.92. The van der Waals surface area contributed by atoms with Crippen molar-refractivity contribution in [2.24, 2.45) is 0 Å². The van der Waals surface area contributed by atoms with Crippen molar-refractivity contribution >= 4 is 40.8 Å². The number of thioether (sulfide) groups is 1. The highest BCUT2D eigenvalue weighted by Crippen LogP contribution is 2.26. The summed E-state index contributed by atoms with van der Waals surface area (Å²) in [5.74, 6) is 0.162. The molecule has 1 aliphatic rings. The first-order valence-corrected chi connectivity index (χ1v) is 9.85. The summed E-state index contributed by atoms with van der Waals surface area (Å²) in [5, 5.41) is 3.55. The molecule has 0 aliphatic carbocycles. The summed E-state index contributed by atoms with van der Waals surface area (Å²) in [6, 6.07) is 6.50. The standard InChI is InChI=1S/C18H20ClFN4OS/c1-12-4-2-3-7-24(12)16-9-18(22-11-21-16)26-10-17(25)23-15-6-5-13(19)8-14(15)20/h5-6,8-9,11-12H,2-4,7,10H2,1H3,(H,23,25)/t12-/m0/s1. The number of aromatic nitrogens is 2. The molecule has 1 aliphatic heterocycles. The number of amides is 1. The van der Waals surface area contributed by atoms with E-state index in [-0.39, 0.29) is 22.4 Å². The van der Waals surface area contributed by atoms with E-state index in [1.165, 1.54) is 42.7 Å². The third kappa shape index (κ3) is 4.86. The van der Waals surface area contributed by atoms with E-state index < -0.39 is 5.82 Å². The molecule has 8 heteroatoms. The first-order valence-electron chi connectivity index (χ1n) is 8.49. The number of nitrogens with one attached hydrogen (secondary N) is 1. The molecule has 1 saturated heterocycles. The van der Waals surface area contributed by atoms with Crippen LogP contribution < -0.4 is 10.2 Å². The van der Waals surface area contributed by atoms with Gasteiger partial charge in [0.05, 0.1) is 11.4 Å². The maximum Gasteiger partial charge on any atom is 0.234 e. The molecule has 1 aromatic carbocycles. The first kappa shape index (κ1) is 18.9. The summed E-state index contributed by atoms with van der Waals surface area (Å²) >= 11 is 7.01. The number of rotatable bonds is 5. The van der Waals surface area contributed by atoms with Crippen LogP contribution in [0.4, 0.5) is 15.9 Å². The summed E-state index contributed by atoms with van der Waals surface area (Å²) in [4.78, 5) is 22.9. The maximum atomic E-state index is 13.7. The molecule has 2 aromatic rings. The largest absolute Gasteiger partial charge is 0.354 e. The number of carbonyl (C=O) groups is 1. The topological polar surface area (TPSA) is 58.1 Å². The zero-order valence-electron chi connectivity index (χ0n) is 14.4. The van der Waals surface area contributed by atoms with Crippen molar-refractivity contribution in [1.29, 1.82) is 0 Å². The van der Waals surface area contributed by atoms with Crippen LogP contribution >= 0.6 is 23.4 Å². The molecule has 1 fully saturated rings. The van der Waals surface area contributed by atoms with Gasteiger partial charge in [-0.15, -0.1) is 0 Å². The molecular formula is C18H20ClFN4OS. The highest BCUT2D eigenvalue weighted by molar-refractivity contribution is 7.99. The van der Waals surface area contributed by atoms with Crippen LogP contribution in [0.2, 0.25) is 5.02 Å². The van der Waals surface area contributed by atoms with Crippen molar-refractivity contribution in [2.45, 2.75) is 37.3 Å². The summed E-state index contributed by atoms with van der Waals surface area (Å²) in [7, 11) is 0. The highest BCUT2D eigenvalue weighted by Gasteiger charge is 2.20. The van der Waals surface area contributed by atoms with Crippen LogP contribution in [0, 0.1) is 5.82 Å². The number of benzene rings is 1. The van der Waals surface area contributed by atoms with Crippen molar-refractivity contribution in [3.63, 3.8) is 0 Å². The van der Waals surface area contributed by atoms with Gasteiger partial charge in [0, 0.05) is 23.7 Å². The monoisotopic (exact) mass is 394 g/mol. The number of anilines is 2. The minimum absolute atomic E-state index is 0.116. The molecule has 0 bridgehead atoms. The van der Waals surface area contributed by atoms with E-state index in [1.807, 2.05) is 6.07 Å². The molecule has 1 amide bonds. The Morgan fingerprint density at radius 3 is 3.00 bits per heavy atom. The van der Waals surface area contributed by atoms with Crippen molar-refractivity contribution in [3.8, 4) is 0 Å². The van der Waals surface area contributed by atoms with Crippen LogP contribution in [0.25, 0.3) is 0 Å². The lowest BCUT2D eigenvalue weighted by Gasteiger charge is -2.34. The summed E-state index contributed by atoms with van der Waals surface area (Å²) in [6.45, 7) is 3.18. The zero-order chi connectivity index (χ0) is 18.5. The van der Waals surface area contributed by atoms with Gasteiger partial charge in [0.1, 0.15) is 23.0 Å². The Balaban J connectivity index is 1.59. The van der Waals surface area contributed by atoms with E-state index in [0.29, 0.717) is 6.04 Å². The highest BCUT2D eigenvalue weighted by atomic mass is 35.5. The summed E-state index contributed by atoms with van der Waals surface area (Å²) < 4.78 is 13.7. The summed E-state index contributed by atoms with van der Waals surface area (Å²) in [5.41, 5.74) is 0.116. The Labute approximate surface area is 161 Å². The van der Waals surface area contributed by atoms with Crippen molar-refractivity contribution < 1.29 is 9.18 Å². The van der Waals surface area contributed by atoms with Crippen molar-refractivity contribution in [1.82, 2.24) is 9.97 Å². The van der Waals surface area contributed by atoms with E-state index in [4.69, 9.17) is 11.6 Å². The molecule has 26 heavy (non-hydrogen) atoms. The normalized spacial score (nSPS) is 17.2. The number of carbonyl (C=O) groups excluding carboxylic acids is 1. The Kier molecular flexibility index (Phi) is 6.32. The first-order chi connectivity index (χ1) is 12.5. The van der Waals surface area contributed by atoms with E-state index in [2.05, 4.69) is 27.1 Å². The van der Waals surface area contributed by atoms with Crippen LogP contribution in [0.1, 0.15) is 26.2 Å². The van der Waals surface area contributed by atoms with Gasteiger partial charge in [-0.2, -0.15) is 0 Å². The van der Waals surface area contributed by atoms with Gasteiger partial charge in [-0.3, -0.25) is 4.79 Å².